The maximum Gasteiger partial charge on any atom is 0.407 e. The Morgan fingerprint density at radius 1 is 1.27 bits per heavy atom. The van der Waals surface area contributed by atoms with E-state index in [4.69, 9.17) is 14.2 Å². The summed E-state index contributed by atoms with van der Waals surface area (Å²) in [5, 5.41) is 2.89. The highest BCUT2D eigenvalue weighted by Gasteiger charge is 2.41. The van der Waals surface area contributed by atoms with Crippen molar-refractivity contribution in [3.63, 3.8) is 0 Å². The maximum atomic E-state index is 12.1. The van der Waals surface area contributed by atoms with E-state index >= 15 is 0 Å². The van der Waals surface area contributed by atoms with Crippen LogP contribution in [0.1, 0.15) is 32.8 Å². The van der Waals surface area contributed by atoms with E-state index in [1.54, 1.807) is 0 Å². The van der Waals surface area contributed by atoms with Gasteiger partial charge in [-0.15, -0.1) is 0 Å². The molecule has 1 heterocycles. The Hall–Kier alpha value is -1.59. The van der Waals surface area contributed by atoms with E-state index in [0.29, 0.717) is 19.1 Å². The molecule has 1 amide bonds. The Morgan fingerprint density at radius 2 is 1.91 bits per heavy atom. The summed E-state index contributed by atoms with van der Waals surface area (Å²) in [6.45, 7) is 7.41. The molecule has 22 heavy (non-hydrogen) atoms. The van der Waals surface area contributed by atoms with Gasteiger partial charge in [0.15, 0.2) is 5.79 Å². The highest BCUT2D eigenvalue weighted by Crippen LogP contribution is 2.27. The lowest BCUT2D eigenvalue weighted by Gasteiger charge is -2.33. The normalized spacial score (nSPS) is 18.2. The second-order valence-electron chi connectivity index (χ2n) is 6.10. The molecule has 5 heteroatoms. The lowest BCUT2D eigenvalue weighted by molar-refractivity contribution is -0.166. The third-order valence-electron chi connectivity index (χ3n) is 3.71. The van der Waals surface area contributed by atoms with E-state index < -0.39 is 11.9 Å². The molecule has 0 aliphatic carbocycles. The maximum absolute atomic E-state index is 12.1. The number of rotatable bonds is 6. The quantitative estimate of drug-likeness (QED) is 0.877. The molecule has 0 aromatic heterocycles. The highest BCUT2D eigenvalue weighted by molar-refractivity contribution is 5.67. The van der Waals surface area contributed by atoms with Gasteiger partial charge in [0.2, 0.25) is 0 Å². The average molecular weight is 307 g/mol. The molecule has 5 nitrogen and oxygen atoms in total. The van der Waals surface area contributed by atoms with E-state index in [1.807, 2.05) is 37.3 Å². The van der Waals surface area contributed by atoms with Crippen molar-refractivity contribution in [1.29, 1.82) is 0 Å². The Morgan fingerprint density at radius 3 is 2.50 bits per heavy atom. The van der Waals surface area contributed by atoms with Gasteiger partial charge in [-0.1, -0.05) is 44.2 Å². The van der Waals surface area contributed by atoms with Crippen LogP contribution in [0.4, 0.5) is 4.79 Å². The summed E-state index contributed by atoms with van der Waals surface area (Å²) in [6, 6.07) is 9.36. The molecule has 1 aromatic rings. The smallest absolute Gasteiger partial charge is 0.407 e. The summed E-state index contributed by atoms with van der Waals surface area (Å²) in [5.74, 6) is -0.375. The molecule has 0 unspecified atom stereocenters. The van der Waals surface area contributed by atoms with Crippen LogP contribution in [0.5, 0.6) is 0 Å². The molecule has 1 aliphatic heterocycles. The van der Waals surface area contributed by atoms with Crippen molar-refractivity contribution in [2.24, 2.45) is 5.92 Å². The van der Waals surface area contributed by atoms with E-state index in [-0.39, 0.29) is 12.6 Å². The second kappa shape index (κ2) is 7.61. The van der Waals surface area contributed by atoms with Crippen molar-refractivity contribution in [3.8, 4) is 0 Å². The SMILES string of the molecule is CC(C)C[C@H](NC(=O)OCc1ccccc1)C1(C)OCCO1. The lowest BCUT2D eigenvalue weighted by Crippen LogP contribution is -2.52. The Labute approximate surface area is 131 Å². The zero-order valence-electron chi connectivity index (χ0n) is 13.5. The molecular weight excluding hydrogens is 282 g/mol. The van der Waals surface area contributed by atoms with Crippen LogP contribution in [-0.2, 0) is 20.8 Å². The van der Waals surface area contributed by atoms with Crippen LogP contribution < -0.4 is 5.32 Å². The standard InChI is InChI=1S/C17H25NO4/c1-13(2)11-15(17(3)21-9-10-22-17)18-16(19)20-12-14-7-5-4-6-8-14/h4-8,13,15H,9-12H2,1-3H3,(H,18,19)/t15-/m0/s1. The molecule has 0 bridgehead atoms. The third-order valence-corrected chi connectivity index (χ3v) is 3.71. The van der Waals surface area contributed by atoms with Crippen LogP contribution in [0.3, 0.4) is 0 Å². The number of carbonyl (C=O) groups excluding carboxylic acids is 1. The molecule has 0 spiro atoms. The van der Waals surface area contributed by atoms with Crippen molar-refractivity contribution in [2.75, 3.05) is 13.2 Å². The summed E-state index contributed by atoms with van der Waals surface area (Å²) in [5.41, 5.74) is 0.956. The molecule has 1 saturated heterocycles. The van der Waals surface area contributed by atoms with E-state index in [9.17, 15) is 4.79 Å². The van der Waals surface area contributed by atoms with Crippen molar-refractivity contribution < 1.29 is 19.0 Å². The fourth-order valence-electron chi connectivity index (χ4n) is 2.51. The van der Waals surface area contributed by atoms with Gasteiger partial charge in [-0.3, -0.25) is 0 Å². The predicted octanol–water partition coefficient (Wildman–Crippen LogP) is 3.09. The summed E-state index contributed by atoms with van der Waals surface area (Å²) in [7, 11) is 0. The van der Waals surface area contributed by atoms with Gasteiger partial charge in [-0.25, -0.2) is 4.79 Å². The molecule has 1 aliphatic rings. The topological polar surface area (TPSA) is 56.8 Å². The van der Waals surface area contributed by atoms with Crippen molar-refractivity contribution >= 4 is 6.09 Å². The molecule has 2 rings (SSSR count). The van der Waals surface area contributed by atoms with Crippen LogP contribution in [0, 0.1) is 5.92 Å². The van der Waals surface area contributed by atoms with Gasteiger partial charge in [0.25, 0.3) is 0 Å². The van der Waals surface area contributed by atoms with Gasteiger partial charge >= 0.3 is 6.09 Å². The van der Waals surface area contributed by atoms with Gasteiger partial charge < -0.3 is 19.5 Å². The number of nitrogens with one attached hydrogen (secondary N) is 1. The number of hydrogen-bond donors (Lipinski definition) is 1. The molecule has 1 atom stereocenters. The first kappa shape index (κ1) is 16.8. The monoisotopic (exact) mass is 307 g/mol. The fraction of sp³-hybridized carbons (Fsp3) is 0.588. The molecule has 1 fully saturated rings. The molecular formula is C17H25NO4. The lowest BCUT2D eigenvalue weighted by atomic mass is 9.97. The molecule has 0 radical (unpaired) electrons. The zero-order chi connectivity index (χ0) is 16.0. The summed E-state index contributed by atoms with van der Waals surface area (Å²) < 4.78 is 16.6. The number of carbonyl (C=O) groups is 1. The van der Waals surface area contributed by atoms with Crippen LogP contribution >= 0.6 is 0 Å². The second-order valence-corrected chi connectivity index (χ2v) is 6.10. The number of ether oxygens (including phenoxy) is 3. The number of amides is 1. The van der Waals surface area contributed by atoms with Crippen LogP contribution in [-0.4, -0.2) is 31.1 Å². The third kappa shape index (κ3) is 4.71. The summed E-state index contributed by atoms with van der Waals surface area (Å²) >= 11 is 0. The number of benzene rings is 1. The first-order valence-electron chi connectivity index (χ1n) is 7.75. The summed E-state index contributed by atoms with van der Waals surface area (Å²) in [4.78, 5) is 12.1. The Bertz CT molecular complexity index is 469. The first-order chi connectivity index (χ1) is 10.5. The van der Waals surface area contributed by atoms with Crippen molar-refractivity contribution in [1.82, 2.24) is 5.32 Å². The van der Waals surface area contributed by atoms with Gasteiger partial charge in [0.1, 0.15) is 6.61 Å². The molecule has 122 valence electrons. The average Bonchev–Trinajstić information content (AvgIpc) is 2.93. The van der Waals surface area contributed by atoms with Crippen LogP contribution in [0.15, 0.2) is 30.3 Å². The number of alkyl carbamates (subject to hydrolysis) is 1. The predicted molar refractivity (Wildman–Crippen MR) is 83.3 cm³/mol. The Balaban J connectivity index is 1.90. The van der Waals surface area contributed by atoms with Gasteiger partial charge in [-0.05, 0) is 24.8 Å². The summed E-state index contributed by atoms with van der Waals surface area (Å²) in [6.07, 6.45) is 0.312. The van der Waals surface area contributed by atoms with Gasteiger partial charge in [0, 0.05) is 0 Å². The largest absolute Gasteiger partial charge is 0.445 e. The molecule has 1 aromatic carbocycles. The fourth-order valence-corrected chi connectivity index (χ4v) is 2.51. The first-order valence-corrected chi connectivity index (χ1v) is 7.75. The van der Waals surface area contributed by atoms with Crippen LogP contribution in [0.2, 0.25) is 0 Å². The highest BCUT2D eigenvalue weighted by atomic mass is 16.7. The van der Waals surface area contributed by atoms with E-state index in [1.165, 1.54) is 0 Å². The molecule has 1 N–H and O–H groups in total. The number of hydrogen-bond acceptors (Lipinski definition) is 4. The van der Waals surface area contributed by atoms with Crippen molar-refractivity contribution in [2.45, 2.75) is 45.6 Å². The zero-order valence-corrected chi connectivity index (χ0v) is 13.5. The van der Waals surface area contributed by atoms with Gasteiger partial charge in [0.05, 0.1) is 19.3 Å². The van der Waals surface area contributed by atoms with E-state index in [2.05, 4.69) is 19.2 Å². The Kier molecular flexibility index (Phi) is 5.80. The minimum atomic E-state index is -0.782. The van der Waals surface area contributed by atoms with Crippen LogP contribution in [0.25, 0.3) is 0 Å². The minimum absolute atomic E-state index is 0.238. The van der Waals surface area contributed by atoms with Gasteiger partial charge in [-0.2, -0.15) is 0 Å². The van der Waals surface area contributed by atoms with E-state index in [0.717, 1.165) is 12.0 Å². The molecule has 0 saturated carbocycles. The van der Waals surface area contributed by atoms with Crippen molar-refractivity contribution in [3.05, 3.63) is 35.9 Å². The minimum Gasteiger partial charge on any atom is -0.445 e.